The maximum Gasteiger partial charge on any atom is 0.128 e. The molecule has 1 aliphatic heterocycles. The van der Waals surface area contributed by atoms with Gasteiger partial charge in [-0.25, -0.2) is 4.98 Å². The van der Waals surface area contributed by atoms with Crippen LogP contribution in [0.5, 0.6) is 0 Å². The first-order chi connectivity index (χ1) is 8.25. The molecule has 0 aromatic carbocycles. The summed E-state index contributed by atoms with van der Waals surface area (Å²) in [4.78, 5) is 7.10. The van der Waals surface area contributed by atoms with E-state index in [-0.39, 0.29) is 0 Å². The second kappa shape index (κ2) is 6.01. The maximum atomic E-state index is 4.72. The second-order valence-corrected chi connectivity index (χ2v) is 5.21. The quantitative estimate of drug-likeness (QED) is 0.846. The number of nitrogens with one attached hydrogen (secondary N) is 1. The van der Waals surface area contributed by atoms with E-state index in [0.29, 0.717) is 5.92 Å². The van der Waals surface area contributed by atoms with E-state index in [4.69, 9.17) is 4.98 Å². The Morgan fingerprint density at radius 3 is 2.76 bits per heavy atom. The van der Waals surface area contributed by atoms with Crippen molar-refractivity contribution in [2.24, 2.45) is 5.92 Å². The number of hydrogen-bond acceptors (Lipinski definition) is 3. The number of aromatic nitrogens is 1. The maximum absolute atomic E-state index is 4.72. The van der Waals surface area contributed by atoms with Gasteiger partial charge in [0.1, 0.15) is 5.82 Å². The van der Waals surface area contributed by atoms with Crippen LogP contribution < -0.4 is 10.2 Å². The van der Waals surface area contributed by atoms with Crippen LogP contribution in [0, 0.1) is 5.92 Å². The molecule has 0 saturated carbocycles. The van der Waals surface area contributed by atoms with Crippen molar-refractivity contribution in [2.45, 2.75) is 33.2 Å². The summed E-state index contributed by atoms with van der Waals surface area (Å²) in [6, 6.07) is 6.34. The lowest BCUT2D eigenvalue weighted by Gasteiger charge is -2.17. The average molecular weight is 233 g/mol. The predicted octanol–water partition coefficient (Wildman–Crippen LogP) is 2.43. The molecule has 1 fully saturated rings. The molecule has 0 aliphatic carbocycles. The summed E-state index contributed by atoms with van der Waals surface area (Å²) < 4.78 is 0. The molecule has 1 N–H and O–H groups in total. The molecule has 1 aromatic heterocycles. The van der Waals surface area contributed by atoms with Crippen molar-refractivity contribution in [2.75, 3.05) is 24.5 Å². The lowest BCUT2D eigenvalue weighted by Crippen LogP contribution is -2.22. The van der Waals surface area contributed by atoms with Crippen LogP contribution in [0.25, 0.3) is 0 Å². The smallest absolute Gasteiger partial charge is 0.128 e. The fourth-order valence-electron chi connectivity index (χ4n) is 2.18. The molecule has 0 amide bonds. The largest absolute Gasteiger partial charge is 0.357 e. The van der Waals surface area contributed by atoms with Gasteiger partial charge in [0, 0.05) is 19.6 Å². The van der Waals surface area contributed by atoms with Crippen molar-refractivity contribution in [3.8, 4) is 0 Å². The number of rotatable bonds is 5. The highest BCUT2D eigenvalue weighted by Gasteiger charge is 2.13. The van der Waals surface area contributed by atoms with Gasteiger partial charge in [0.2, 0.25) is 0 Å². The summed E-state index contributed by atoms with van der Waals surface area (Å²) in [5, 5.41) is 3.44. The minimum atomic E-state index is 0.691. The molecule has 0 bridgehead atoms. The van der Waals surface area contributed by atoms with Crippen molar-refractivity contribution in [1.82, 2.24) is 10.3 Å². The van der Waals surface area contributed by atoms with Gasteiger partial charge in [-0.15, -0.1) is 0 Å². The zero-order valence-corrected chi connectivity index (χ0v) is 10.9. The van der Waals surface area contributed by atoms with E-state index in [0.717, 1.165) is 37.7 Å². The Morgan fingerprint density at radius 1 is 1.29 bits per heavy atom. The number of anilines is 1. The van der Waals surface area contributed by atoms with Crippen LogP contribution in [0.2, 0.25) is 0 Å². The standard InChI is InChI=1S/C14H23N3/c1-12(2)10-15-11-13-6-5-7-14(16-13)17-8-3-4-9-17/h5-7,12,15H,3-4,8-11H2,1-2H3. The molecule has 2 heterocycles. The zero-order chi connectivity index (χ0) is 12.1. The SMILES string of the molecule is CC(C)CNCc1cccc(N2CCCC2)n1. The molecule has 94 valence electrons. The van der Waals surface area contributed by atoms with Gasteiger partial charge in [0.25, 0.3) is 0 Å². The van der Waals surface area contributed by atoms with Crippen molar-refractivity contribution < 1.29 is 0 Å². The zero-order valence-electron chi connectivity index (χ0n) is 10.9. The Bertz CT molecular complexity index is 343. The Hall–Kier alpha value is -1.09. The first kappa shape index (κ1) is 12.4. The molecule has 3 heteroatoms. The van der Waals surface area contributed by atoms with Crippen LogP contribution in [0.4, 0.5) is 5.82 Å². The molecule has 0 unspecified atom stereocenters. The third-order valence-corrected chi connectivity index (χ3v) is 3.08. The van der Waals surface area contributed by atoms with Crippen LogP contribution in [-0.2, 0) is 6.54 Å². The van der Waals surface area contributed by atoms with Gasteiger partial charge in [0.05, 0.1) is 5.69 Å². The summed E-state index contributed by atoms with van der Waals surface area (Å²) >= 11 is 0. The summed E-state index contributed by atoms with van der Waals surface area (Å²) in [6.07, 6.45) is 2.61. The van der Waals surface area contributed by atoms with E-state index < -0.39 is 0 Å². The lowest BCUT2D eigenvalue weighted by molar-refractivity contribution is 0.548. The van der Waals surface area contributed by atoms with Gasteiger partial charge < -0.3 is 10.2 Å². The minimum absolute atomic E-state index is 0.691. The first-order valence-electron chi connectivity index (χ1n) is 6.67. The molecular formula is C14H23N3. The number of pyridine rings is 1. The van der Waals surface area contributed by atoms with Gasteiger partial charge in [-0.3, -0.25) is 0 Å². The molecule has 1 aromatic rings. The van der Waals surface area contributed by atoms with Gasteiger partial charge >= 0.3 is 0 Å². The molecule has 3 nitrogen and oxygen atoms in total. The van der Waals surface area contributed by atoms with E-state index in [1.807, 2.05) is 0 Å². The van der Waals surface area contributed by atoms with E-state index in [1.165, 1.54) is 12.8 Å². The molecule has 0 atom stereocenters. The third-order valence-electron chi connectivity index (χ3n) is 3.08. The van der Waals surface area contributed by atoms with Gasteiger partial charge in [-0.05, 0) is 37.4 Å². The van der Waals surface area contributed by atoms with E-state index >= 15 is 0 Å². The summed E-state index contributed by atoms with van der Waals surface area (Å²) in [6.45, 7) is 8.70. The highest BCUT2D eigenvalue weighted by atomic mass is 15.2. The predicted molar refractivity (Wildman–Crippen MR) is 72.2 cm³/mol. The first-order valence-corrected chi connectivity index (χ1v) is 6.67. The highest BCUT2D eigenvalue weighted by molar-refractivity contribution is 5.40. The monoisotopic (exact) mass is 233 g/mol. The Labute approximate surface area is 104 Å². The molecule has 0 radical (unpaired) electrons. The fourth-order valence-corrected chi connectivity index (χ4v) is 2.18. The Morgan fingerprint density at radius 2 is 2.06 bits per heavy atom. The molecule has 17 heavy (non-hydrogen) atoms. The summed E-state index contributed by atoms with van der Waals surface area (Å²) in [7, 11) is 0. The summed E-state index contributed by atoms with van der Waals surface area (Å²) in [5.41, 5.74) is 1.15. The van der Waals surface area contributed by atoms with Gasteiger partial charge in [0.15, 0.2) is 0 Å². The Kier molecular flexibility index (Phi) is 4.37. The second-order valence-electron chi connectivity index (χ2n) is 5.21. The highest BCUT2D eigenvalue weighted by Crippen LogP contribution is 2.17. The number of nitrogens with zero attached hydrogens (tertiary/aromatic N) is 2. The van der Waals surface area contributed by atoms with Crippen LogP contribution >= 0.6 is 0 Å². The van der Waals surface area contributed by atoms with Crippen LogP contribution in [0.1, 0.15) is 32.4 Å². The van der Waals surface area contributed by atoms with E-state index in [1.54, 1.807) is 0 Å². The minimum Gasteiger partial charge on any atom is -0.357 e. The van der Waals surface area contributed by atoms with Gasteiger partial charge in [-0.1, -0.05) is 19.9 Å². The van der Waals surface area contributed by atoms with E-state index in [2.05, 4.69) is 42.3 Å². The lowest BCUT2D eigenvalue weighted by atomic mass is 10.2. The van der Waals surface area contributed by atoms with Crippen LogP contribution in [0.15, 0.2) is 18.2 Å². The summed E-state index contributed by atoms with van der Waals surface area (Å²) in [5.74, 6) is 1.84. The third kappa shape index (κ3) is 3.70. The molecular weight excluding hydrogens is 210 g/mol. The van der Waals surface area contributed by atoms with Crippen LogP contribution in [0.3, 0.4) is 0 Å². The van der Waals surface area contributed by atoms with Crippen molar-refractivity contribution in [3.05, 3.63) is 23.9 Å². The number of hydrogen-bond donors (Lipinski definition) is 1. The topological polar surface area (TPSA) is 28.2 Å². The molecule has 2 rings (SSSR count). The fraction of sp³-hybridized carbons (Fsp3) is 0.643. The Balaban J connectivity index is 1.91. The molecule has 0 spiro atoms. The molecule has 1 saturated heterocycles. The van der Waals surface area contributed by atoms with Crippen molar-refractivity contribution in [1.29, 1.82) is 0 Å². The van der Waals surface area contributed by atoms with Crippen LogP contribution in [-0.4, -0.2) is 24.6 Å². The van der Waals surface area contributed by atoms with E-state index in [9.17, 15) is 0 Å². The van der Waals surface area contributed by atoms with Crippen molar-refractivity contribution >= 4 is 5.82 Å². The average Bonchev–Trinajstić information content (AvgIpc) is 2.82. The van der Waals surface area contributed by atoms with Crippen molar-refractivity contribution in [3.63, 3.8) is 0 Å². The molecule has 1 aliphatic rings. The normalized spacial score (nSPS) is 15.8. The van der Waals surface area contributed by atoms with Gasteiger partial charge in [-0.2, -0.15) is 0 Å².